The van der Waals surface area contributed by atoms with E-state index < -0.39 is 0 Å². The average Bonchev–Trinajstić information content (AvgIpc) is 2.68. The molecular formula is C20H20BrN3O4. The summed E-state index contributed by atoms with van der Waals surface area (Å²) in [4.78, 5) is 8.79. The fourth-order valence-corrected chi connectivity index (χ4v) is 3.23. The highest BCUT2D eigenvalue weighted by Crippen LogP contribution is 2.35. The molecule has 0 fully saturated rings. The fraction of sp³-hybridized carbons (Fsp3) is 0.300. The van der Waals surface area contributed by atoms with E-state index in [0.717, 1.165) is 21.1 Å². The van der Waals surface area contributed by atoms with Gasteiger partial charge in [-0.25, -0.2) is 9.97 Å². The van der Waals surface area contributed by atoms with Gasteiger partial charge in [-0.15, -0.1) is 0 Å². The van der Waals surface area contributed by atoms with Crippen molar-refractivity contribution in [1.29, 1.82) is 0 Å². The van der Waals surface area contributed by atoms with Gasteiger partial charge in [0.1, 0.15) is 25.4 Å². The Bertz CT molecular complexity index is 954. The zero-order chi connectivity index (χ0) is 19.2. The molecule has 0 unspecified atom stereocenters. The zero-order valence-corrected chi connectivity index (χ0v) is 16.8. The molecule has 0 atom stereocenters. The third-order valence-electron chi connectivity index (χ3n) is 4.13. The number of halogens is 1. The predicted octanol–water partition coefficient (Wildman–Crippen LogP) is 3.94. The van der Waals surface area contributed by atoms with E-state index in [1.54, 1.807) is 0 Å². The van der Waals surface area contributed by atoms with Gasteiger partial charge < -0.3 is 24.3 Å². The standard InChI is InChI=1S/C20H20BrN3O4/c21-14-2-1-3-15(10-14)24-20-16-11-18-19(12-17(16)22-13-23-20)28-9-7-26-5-4-25-6-8-27-18/h1-3,10-13H,4-9H2,(H,22,23,24). The first-order valence-corrected chi connectivity index (χ1v) is 9.81. The van der Waals surface area contributed by atoms with Crippen LogP contribution in [-0.4, -0.2) is 49.6 Å². The quantitative estimate of drug-likeness (QED) is 0.639. The molecule has 28 heavy (non-hydrogen) atoms. The number of aromatic nitrogens is 2. The van der Waals surface area contributed by atoms with Crippen LogP contribution in [0, 0.1) is 0 Å². The lowest BCUT2D eigenvalue weighted by atomic mass is 10.2. The summed E-state index contributed by atoms with van der Waals surface area (Å²) in [6.45, 7) is 2.91. The summed E-state index contributed by atoms with van der Waals surface area (Å²) in [5.74, 6) is 1.95. The lowest BCUT2D eigenvalue weighted by Gasteiger charge is -2.16. The number of rotatable bonds is 2. The molecule has 4 rings (SSSR count). The highest BCUT2D eigenvalue weighted by Gasteiger charge is 2.13. The smallest absolute Gasteiger partial charge is 0.163 e. The van der Waals surface area contributed by atoms with E-state index in [2.05, 4.69) is 31.2 Å². The molecular weight excluding hydrogens is 426 g/mol. The number of nitrogens with one attached hydrogen (secondary N) is 1. The van der Waals surface area contributed by atoms with Crippen molar-refractivity contribution in [3.63, 3.8) is 0 Å². The Kier molecular flexibility index (Phi) is 6.20. The van der Waals surface area contributed by atoms with Crippen LogP contribution in [0.4, 0.5) is 11.5 Å². The van der Waals surface area contributed by atoms with Gasteiger partial charge in [0.05, 0.1) is 31.9 Å². The van der Waals surface area contributed by atoms with Crippen molar-refractivity contribution >= 4 is 38.3 Å². The van der Waals surface area contributed by atoms with E-state index in [-0.39, 0.29) is 0 Å². The van der Waals surface area contributed by atoms with Crippen molar-refractivity contribution in [3.05, 3.63) is 47.2 Å². The molecule has 0 saturated heterocycles. The fourth-order valence-electron chi connectivity index (χ4n) is 2.84. The molecule has 8 heteroatoms. The van der Waals surface area contributed by atoms with Gasteiger partial charge in [-0.1, -0.05) is 22.0 Å². The maximum atomic E-state index is 5.91. The number of anilines is 2. The van der Waals surface area contributed by atoms with Crippen LogP contribution in [0.3, 0.4) is 0 Å². The second kappa shape index (κ2) is 9.18. The molecule has 0 radical (unpaired) electrons. The summed E-state index contributed by atoms with van der Waals surface area (Å²) >= 11 is 3.48. The monoisotopic (exact) mass is 445 g/mol. The van der Waals surface area contributed by atoms with E-state index in [1.807, 2.05) is 36.4 Å². The van der Waals surface area contributed by atoms with Crippen molar-refractivity contribution in [3.8, 4) is 11.5 Å². The van der Waals surface area contributed by atoms with Crippen LogP contribution in [-0.2, 0) is 9.47 Å². The molecule has 1 aliphatic heterocycles. The van der Waals surface area contributed by atoms with E-state index in [1.165, 1.54) is 6.33 Å². The first-order valence-electron chi connectivity index (χ1n) is 9.02. The van der Waals surface area contributed by atoms with Gasteiger partial charge in [-0.05, 0) is 24.3 Å². The number of fused-ring (bicyclic) bond motifs is 2. The SMILES string of the molecule is Brc1cccc(Nc2ncnc3cc4c(cc23)OCCOCCOCCO4)c1. The second-order valence-electron chi connectivity index (χ2n) is 6.10. The summed E-state index contributed by atoms with van der Waals surface area (Å²) < 4.78 is 23.7. The van der Waals surface area contributed by atoms with Crippen molar-refractivity contribution in [2.24, 2.45) is 0 Å². The summed E-state index contributed by atoms with van der Waals surface area (Å²) in [6.07, 6.45) is 1.53. The molecule has 1 N–H and O–H groups in total. The Morgan fingerprint density at radius 2 is 1.54 bits per heavy atom. The van der Waals surface area contributed by atoms with Gasteiger partial charge >= 0.3 is 0 Å². The molecule has 1 aliphatic rings. The van der Waals surface area contributed by atoms with E-state index in [9.17, 15) is 0 Å². The lowest BCUT2D eigenvalue weighted by molar-refractivity contribution is 0.0224. The van der Waals surface area contributed by atoms with Crippen molar-refractivity contribution in [1.82, 2.24) is 9.97 Å². The van der Waals surface area contributed by atoms with Crippen LogP contribution in [0.1, 0.15) is 0 Å². The molecule has 7 nitrogen and oxygen atoms in total. The lowest BCUT2D eigenvalue weighted by Crippen LogP contribution is -2.15. The molecule has 0 aliphatic carbocycles. The number of ether oxygens (including phenoxy) is 4. The van der Waals surface area contributed by atoms with Gasteiger partial charge in [0, 0.05) is 21.6 Å². The van der Waals surface area contributed by atoms with Crippen LogP contribution in [0.2, 0.25) is 0 Å². The van der Waals surface area contributed by atoms with Crippen LogP contribution < -0.4 is 14.8 Å². The molecule has 0 spiro atoms. The van der Waals surface area contributed by atoms with Gasteiger partial charge in [-0.3, -0.25) is 0 Å². The molecule has 0 saturated carbocycles. The predicted molar refractivity (Wildman–Crippen MR) is 110 cm³/mol. The summed E-state index contributed by atoms with van der Waals surface area (Å²) in [5, 5.41) is 4.18. The molecule has 2 heterocycles. The van der Waals surface area contributed by atoms with Crippen LogP contribution in [0.5, 0.6) is 11.5 Å². The highest BCUT2D eigenvalue weighted by molar-refractivity contribution is 9.10. The van der Waals surface area contributed by atoms with E-state index in [0.29, 0.717) is 57.0 Å². The Morgan fingerprint density at radius 3 is 2.29 bits per heavy atom. The van der Waals surface area contributed by atoms with Crippen molar-refractivity contribution < 1.29 is 18.9 Å². The van der Waals surface area contributed by atoms with Gasteiger partial charge in [0.25, 0.3) is 0 Å². The summed E-state index contributed by atoms with van der Waals surface area (Å²) in [6, 6.07) is 11.7. The van der Waals surface area contributed by atoms with Gasteiger partial charge in [-0.2, -0.15) is 0 Å². The third kappa shape index (κ3) is 4.70. The highest BCUT2D eigenvalue weighted by atomic mass is 79.9. The van der Waals surface area contributed by atoms with Crippen molar-refractivity contribution in [2.45, 2.75) is 0 Å². The molecule has 0 bridgehead atoms. The second-order valence-corrected chi connectivity index (χ2v) is 7.01. The maximum Gasteiger partial charge on any atom is 0.163 e. The Labute approximate surface area is 171 Å². The molecule has 0 amide bonds. The Hall–Kier alpha value is -2.42. The maximum absolute atomic E-state index is 5.91. The summed E-state index contributed by atoms with van der Waals surface area (Å²) in [7, 11) is 0. The topological polar surface area (TPSA) is 74.7 Å². The largest absolute Gasteiger partial charge is 0.487 e. The number of hydrogen-bond donors (Lipinski definition) is 1. The first kappa shape index (κ1) is 18.9. The van der Waals surface area contributed by atoms with Gasteiger partial charge in [0.2, 0.25) is 0 Å². The average molecular weight is 446 g/mol. The molecule has 3 aromatic rings. The van der Waals surface area contributed by atoms with Crippen LogP contribution in [0.25, 0.3) is 10.9 Å². The first-order chi connectivity index (χ1) is 13.8. The summed E-state index contributed by atoms with van der Waals surface area (Å²) in [5.41, 5.74) is 1.68. The molecule has 2 aromatic carbocycles. The van der Waals surface area contributed by atoms with Crippen LogP contribution in [0.15, 0.2) is 47.2 Å². The van der Waals surface area contributed by atoms with Crippen molar-refractivity contribution in [2.75, 3.05) is 45.0 Å². The number of hydrogen-bond acceptors (Lipinski definition) is 7. The minimum atomic E-state index is 0.421. The zero-order valence-electron chi connectivity index (χ0n) is 15.2. The normalized spacial score (nSPS) is 15.5. The number of nitrogens with zero attached hydrogens (tertiary/aromatic N) is 2. The molecule has 146 valence electrons. The molecule has 1 aromatic heterocycles. The Morgan fingerprint density at radius 1 is 0.821 bits per heavy atom. The van der Waals surface area contributed by atoms with Gasteiger partial charge in [0.15, 0.2) is 11.5 Å². The third-order valence-corrected chi connectivity index (χ3v) is 4.62. The minimum Gasteiger partial charge on any atom is -0.487 e. The van der Waals surface area contributed by atoms with E-state index >= 15 is 0 Å². The Balaban J connectivity index is 1.67. The number of benzene rings is 2. The van der Waals surface area contributed by atoms with E-state index in [4.69, 9.17) is 18.9 Å². The minimum absolute atomic E-state index is 0.421. The van der Waals surface area contributed by atoms with Crippen LogP contribution >= 0.6 is 15.9 Å².